The molecule has 6 heteroatoms. The number of carbonyl (C=O) groups excluding carboxylic acids is 2. The first-order valence-corrected chi connectivity index (χ1v) is 10.1. The van der Waals surface area contributed by atoms with Crippen molar-refractivity contribution in [2.24, 2.45) is 0 Å². The predicted molar refractivity (Wildman–Crippen MR) is 118 cm³/mol. The Hall–Kier alpha value is -3.02. The SMILES string of the molecule is COc1cccc(CN(C(=O)COc2cc(C)cc(C)c2)[C@@H](C)C(=O)NC(C)C)c1. The van der Waals surface area contributed by atoms with Gasteiger partial charge in [0.2, 0.25) is 5.91 Å². The molecular weight excluding hydrogens is 380 g/mol. The number of ether oxygens (including phenoxy) is 2. The lowest BCUT2D eigenvalue weighted by molar-refractivity contribution is -0.142. The number of methoxy groups -OCH3 is 1. The summed E-state index contributed by atoms with van der Waals surface area (Å²) in [4.78, 5) is 27.2. The van der Waals surface area contributed by atoms with E-state index in [1.54, 1.807) is 14.0 Å². The van der Waals surface area contributed by atoms with Crippen LogP contribution in [0.25, 0.3) is 0 Å². The van der Waals surface area contributed by atoms with Crippen molar-refractivity contribution >= 4 is 11.8 Å². The van der Waals surface area contributed by atoms with E-state index in [0.29, 0.717) is 11.5 Å². The van der Waals surface area contributed by atoms with Crippen molar-refractivity contribution < 1.29 is 19.1 Å². The maximum atomic E-state index is 13.1. The van der Waals surface area contributed by atoms with Crippen LogP contribution in [0.2, 0.25) is 0 Å². The largest absolute Gasteiger partial charge is 0.497 e. The zero-order valence-electron chi connectivity index (χ0n) is 18.7. The molecule has 162 valence electrons. The summed E-state index contributed by atoms with van der Waals surface area (Å²) in [6, 6.07) is 12.6. The topological polar surface area (TPSA) is 67.9 Å². The Kier molecular flexibility index (Phi) is 8.27. The fourth-order valence-electron chi connectivity index (χ4n) is 3.20. The van der Waals surface area contributed by atoms with Gasteiger partial charge in [-0.1, -0.05) is 18.2 Å². The molecule has 0 saturated heterocycles. The first-order valence-electron chi connectivity index (χ1n) is 10.1. The Bertz CT molecular complexity index is 859. The van der Waals surface area contributed by atoms with E-state index in [2.05, 4.69) is 5.32 Å². The monoisotopic (exact) mass is 412 g/mol. The lowest BCUT2D eigenvalue weighted by atomic mass is 10.1. The summed E-state index contributed by atoms with van der Waals surface area (Å²) in [6.07, 6.45) is 0. The number of benzene rings is 2. The van der Waals surface area contributed by atoms with E-state index in [0.717, 1.165) is 16.7 Å². The van der Waals surface area contributed by atoms with Gasteiger partial charge in [-0.15, -0.1) is 0 Å². The lowest BCUT2D eigenvalue weighted by Gasteiger charge is -2.29. The Balaban J connectivity index is 2.19. The zero-order chi connectivity index (χ0) is 22.3. The van der Waals surface area contributed by atoms with Gasteiger partial charge in [-0.3, -0.25) is 9.59 Å². The van der Waals surface area contributed by atoms with Crippen molar-refractivity contribution in [1.29, 1.82) is 0 Å². The third-order valence-electron chi connectivity index (χ3n) is 4.64. The van der Waals surface area contributed by atoms with E-state index >= 15 is 0 Å². The molecule has 2 aromatic rings. The number of nitrogens with zero attached hydrogens (tertiary/aromatic N) is 1. The van der Waals surface area contributed by atoms with Gasteiger partial charge < -0.3 is 19.7 Å². The fourth-order valence-corrected chi connectivity index (χ4v) is 3.20. The van der Waals surface area contributed by atoms with E-state index in [9.17, 15) is 9.59 Å². The quantitative estimate of drug-likeness (QED) is 0.683. The first-order chi connectivity index (χ1) is 14.2. The first kappa shape index (κ1) is 23.3. The molecule has 0 saturated carbocycles. The fraction of sp³-hybridized carbons (Fsp3) is 0.417. The molecular formula is C24H32N2O4. The molecule has 0 aliphatic heterocycles. The van der Waals surface area contributed by atoms with E-state index < -0.39 is 6.04 Å². The summed E-state index contributed by atoms with van der Waals surface area (Å²) < 4.78 is 11.0. The van der Waals surface area contributed by atoms with Gasteiger partial charge >= 0.3 is 0 Å². The molecule has 0 aliphatic carbocycles. The maximum absolute atomic E-state index is 13.1. The molecule has 0 aliphatic rings. The lowest BCUT2D eigenvalue weighted by Crippen LogP contribution is -2.50. The number of aryl methyl sites for hydroxylation is 2. The van der Waals surface area contributed by atoms with Crippen molar-refractivity contribution in [3.05, 3.63) is 59.2 Å². The third-order valence-corrected chi connectivity index (χ3v) is 4.64. The van der Waals surface area contributed by atoms with Crippen molar-refractivity contribution in [3.63, 3.8) is 0 Å². The Morgan fingerprint density at radius 3 is 2.27 bits per heavy atom. The van der Waals surface area contributed by atoms with E-state index in [1.165, 1.54) is 4.90 Å². The average molecular weight is 413 g/mol. The highest BCUT2D eigenvalue weighted by Crippen LogP contribution is 2.18. The van der Waals surface area contributed by atoms with Gasteiger partial charge in [-0.25, -0.2) is 0 Å². The van der Waals surface area contributed by atoms with Gasteiger partial charge in [0.25, 0.3) is 5.91 Å². The summed E-state index contributed by atoms with van der Waals surface area (Å²) in [5.74, 6) is 0.878. The number of carbonyl (C=O) groups is 2. The minimum Gasteiger partial charge on any atom is -0.497 e. The molecule has 2 aromatic carbocycles. The molecule has 0 bridgehead atoms. The Morgan fingerprint density at radius 1 is 1.00 bits per heavy atom. The van der Waals surface area contributed by atoms with E-state index in [4.69, 9.17) is 9.47 Å². The van der Waals surface area contributed by atoms with Crippen molar-refractivity contribution in [3.8, 4) is 11.5 Å². The molecule has 0 heterocycles. The van der Waals surface area contributed by atoms with Crippen molar-refractivity contribution in [1.82, 2.24) is 10.2 Å². The van der Waals surface area contributed by atoms with E-state index in [1.807, 2.05) is 70.2 Å². The van der Waals surface area contributed by atoms with Crippen LogP contribution in [0.4, 0.5) is 0 Å². The Morgan fingerprint density at radius 2 is 1.67 bits per heavy atom. The molecule has 1 atom stereocenters. The van der Waals surface area contributed by atoms with Crippen LogP contribution in [-0.4, -0.2) is 42.5 Å². The summed E-state index contributed by atoms with van der Waals surface area (Å²) >= 11 is 0. The number of hydrogen-bond acceptors (Lipinski definition) is 4. The molecule has 2 amide bonds. The number of rotatable bonds is 9. The molecule has 0 fully saturated rings. The second kappa shape index (κ2) is 10.7. The van der Waals surface area contributed by atoms with Crippen LogP contribution in [-0.2, 0) is 16.1 Å². The van der Waals surface area contributed by atoms with Gasteiger partial charge in [0.05, 0.1) is 7.11 Å². The summed E-state index contributed by atoms with van der Waals surface area (Å²) in [5, 5.41) is 2.88. The number of hydrogen-bond donors (Lipinski definition) is 1. The van der Waals surface area contributed by atoms with Crippen LogP contribution in [0.3, 0.4) is 0 Å². The van der Waals surface area contributed by atoms with Gasteiger partial charge in [-0.05, 0) is 75.6 Å². The van der Waals surface area contributed by atoms with Gasteiger partial charge in [0.1, 0.15) is 17.5 Å². The molecule has 6 nitrogen and oxygen atoms in total. The molecule has 0 unspecified atom stereocenters. The standard InChI is InChI=1S/C24H32N2O4/c1-16(2)25-24(28)19(5)26(14-20-8-7-9-21(13-20)29-6)23(27)15-30-22-11-17(3)10-18(4)12-22/h7-13,16,19H,14-15H2,1-6H3,(H,25,28)/t19-/m0/s1. The van der Waals surface area contributed by atoms with Crippen LogP contribution in [0, 0.1) is 13.8 Å². The number of amides is 2. The third kappa shape index (κ3) is 6.79. The molecule has 30 heavy (non-hydrogen) atoms. The second-order valence-electron chi connectivity index (χ2n) is 7.82. The summed E-state index contributed by atoms with van der Waals surface area (Å²) in [6.45, 7) is 9.60. The minimum atomic E-state index is -0.644. The highest BCUT2D eigenvalue weighted by atomic mass is 16.5. The molecule has 1 N–H and O–H groups in total. The molecule has 0 aromatic heterocycles. The molecule has 2 rings (SSSR count). The van der Waals surface area contributed by atoms with Crippen molar-refractivity contribution in [2.75, 3.05) is 13.7 Å². The smallest absolute Gasteiger partial charge is 0.261 e. The highest BCUT2D eigenvalue weighted by molar-refractivity contribution is 5.88. The predicted octanol–water partition coefficient (Wildman–Crippen LogP) is 3.63. The number of nitrogens with one attached hydrogen (secondary N) is 1. The minimum absolute atomic E-state index is 0.0137. The average Bonchev–Trinajstić information content (AvgIpc) is 2.68. The van der Waals surface area contributed by atoms with Crippen LogP contribution < -0.4 is 14.8 Å². The highest BCUT2D eigenvalue weighted by Gasteiger charge is 2.27. The zero-order valence-corrected chi connectivity index (χ0v) is 18.7. The van der Waals surface area contributed by atoms with Gasteiger partial charge in [0, 0.05) is 12.6 Å². The van der Waals surface area contributed by atoms with Crippen LogP contribution in [0.1, 0.15) is 37.5 Å². The van der Waals surface area contributed by atoms with Crippen LogP contribution in [0.15, 0.2) is 42.5 Å². The van der Waals surface area contributed by atoms with Crippen molar-refractivity contribution in [2.45, 2.75) is 53.2 Å². The van der Waals surface area contributed by atoms with Crippen LogP contribution >= 0.6 is 0 Å². The molecule has 0 spiro atoms. The van der Waals surface area contributed by atoms with E-state index in [-0.39, 0.29) is 31.0 Å². The Labute approximate surface area is 179 Å². The van der Waals surface area contributed by atoms with Gasteiger partial charge in [0.15, 0.2) is 6.61 Å². The summed E-state index contributed by atoms with van der Waals surface area (Å²) in [5.41, 5.74) is 3.00. The van der Waals surface area contributed by atoms with Gasteiger partial charge in [-0.2, -0.15) is 0 Å². The maximum Gasteiger partial charge on any atom is 0.261 e. The van der Waals surface area contributed by atoms with Crippen LogP contribution in [0.5, 0.6) is 11.5 Å². The summed E-state index contributed by atoms with van der Waals surface area (Å²) in [7, 11) is 1.60. The molecule has 0 radical (unpaired) electrons. The second-order valence-corrected chi connectivity index (χ2v) is 7.82. The normalized spacial score (nSPS) is 11.7.